The number of nitrogens with two attached hydrogens (primary N) is 1. The summed E-state index contributed by atoms with van der Waals surface area (Å²) in [5.74, 6) is 0.909. The normalized spacial score (nSPS) is 17.9. The Balaban J connectivity index is 2.09. The molecule has 0 bridgehead atoms. The maximum absolute atomic E-state index is 6.23. The lowest BCUT2D eigenvalue weighted by Gasteiger charge is -2.23. The molecule has 0 fully saturated rings. The second-order valence-corrected chi connectivity index (χ2v) is 5.11. The van der Waals surface area contributed by atoms with Crippen molar-refractivity contribution in [3.8, 4) is 16.9 Å². The smallest absolute Gasteiger partial charge is 0.126 e. The summed E-state index contributed by atoms with van der Waals surface area (Å²) in [6, 6.07) is 14.9. The molecule has 3 rings (SSSR count). The van der Waals surface area contributed by atoms with Gasteiger partial charge in [0, 0.05) is 11.6 Å². The van der Waals surface area contributed by atoms with Crippen molar-refractivity contribution in [3.05, 3.63) is 53.6 Å². The molecule has 1 atom stereocenters. The Kier molecular flexibility index (Phi) is 3.26. The third-order valence-corrected chi connectivity index (χ3v) is 3.92. The minimum atomic E-state index is 0.179. The van der Waals surface area contributed by atoms with Gasteiger partial charge in [-0.15, -0.1) is 0 Å². The molecule has 2 heteroatoms. The topological polar surface area (TPSA) is 35.2 Å². The van der Waals surface area contributed by atoms with E-state index in [-0.39, 0.29) is 6.04 Å². The van der Waals surface area contributed by atoms with E-state index in [9.17, 15) is 0 Å². The summed E-state index contributed by atoms with van der Waals surface area (Å²) in [6.45, 7) is 0. The SMILES string of the molecule is COc1ccccc1-c1ccc2c(c1)C(N)CCC2. The van der Waals surface area contributed by atoms with Crippen molar-refractivity contribution in [1.29, 1.82) is 0 Å². The van der Waals surface area contributed by atoms with E-state index in [1.54, 1.807) is 7.11 Å². The van der Waals surface area contributed by atoms with Crippen LogP contribution in [0.25, 0.3) is 11.1 Å². The zero-order valence-corrected chi connectivity index (χ0v) is 11.2. The first-order valence-electron chi connectivity index (χ1n) is 6.81. The van der Waals surface area contributed by atoms with Crippen molar-refractivity contribution < 1.29 is 4.74 Å². The average Bonchev–Trinajstić information content (AvgIpc) is 2.47. The minimum Gasteiger partial charge on any atom is -0.496 e. The predicted molar refractivity (Wildman–Crippen MR) is 78.3 cm³/mol. The minimum absolute atomic E-state index is 0.179. The van der Waals surface area contributed by atoms with Crippen LogP contribution in [0.3, 0.4) is 0 Å². The highest BCUT2D eigenvalue weighted by Crippen LogP contribution is 2.35. The van der Waals surface area contributed by atoms with Crippen molar-refractivity contribution in [2.75, 3.05) is 7.11 Å². The molecule has 19 heavy (non-hydrogen) atoms. The molecule has 0 amide bonds. The molecule has 0 saturated heterocycles. The molecule has 0 aliphatic heterocycles. The molecule has 0 heterocycles. The van der Waals surface area contributed by atoms with Crippen LogP contribution in [0.2, 0.25) is 0 Å². The molecular weight excluding hydrogens is 234 g/mol. The van der Waals surface area contributed by atoms with Crippen LogP contribution in [0.1, 0.15) is 30.0 Å². The van der Waals surface area contributed by atoms with Crippen LogP contribution >= 0.6 is 0 Å². The van der Waals surface area contributed by atoms with Crippen molar-refractivity contribution >= 4 is 0 Å². The number of benzene rings is 2. The first-order chi connectivity index (χ1) is 9.29. The summed E-state index contributed by atoms with van der Waals surface area (Å²) < 4.78 is 5.44. The van der Waals surface area contributed by atoms with Gasteiger partial charge in [-0.05, 0) is 48.1 Å². The van der Waals surface area contributed by atoms with E-state index in [0.717, 1.165) is 24.2 Å². The largest absolute Gasteiger partial charge is 0.496 e. The first-order valence-corrected chi connectivity index (χ1v) is 6.81. The van der Waals surface area contributed by atoms with Gasteiger partial charge in [0.05, 0.1) is 7.11 Å². The first kappa shape index (κ1) is 12.2. The predicted octanol–water partition coefficient (Wildman–Crippen LogP) is 3.70. The van der Waals surface area contributed by atoms with Gasteiger partial charge in [-0.3, -0.25) is 0 Å². The van der Waals surface area contributed by atoms with Gasteiger partial charge in [-0.25, -0.2) is 0 Å². The van der Waals surface area contributed by atoms with E-state index < -0.39 is 0 Å². The molecule has 0 spiro atoms. The fraction of sp³-hybridized carbons (Fsp3) is 0.294. The lowest BCUT2D eigenvalue weighted by Crippen LogP contribution is -2.17. The van der Waals surface area contributed by atoms with Gasteiger partial charge in [0.1, 0.15) is 5.75 Å². The molecule has 2 aromatic rings. The number of hydrogen-bond donors (Lipinski definition) is 1. The van der Waals surface area contributed by atoms with Gasteiger partial charge in [0.15, 0.2) is 0 Å². The monoisotopic (exact) mass is 253 g/mol. The Morgan fingerprint density at radius 1 is 1.16 bits per heavy atom. The number of aryl methyl sites for hydroxylation is 1. The Labute approximate surface area is 114 Å². The third-order valence-electron chi connectivity index (χ3n) is 3.92. The van der Waals surface area contributed by atoms with Crippen molar-refractivity contribution in [1.82, 2.24) is 0 Å². The highest BCUT2D eigenvalue weighted by atomic mass is 16.5. The van der Waals surface area contributed by atoms with Gasteiger partial charge in [-0.1, -0.05) is 30.3 Å². The van der Waals surface area contributed by atoms with Crippen LogP contribution < -0.4 is 10.5 Å². The van der Waals surface area contributed by atoms with E-state index >= 15 is 0 Å². The molecule has 0 saturated carbocycles. The summed E-state index contributed by atoms with van der Waals surface area (Å²) in [7, 11) is 1.71. The zero-order valence-electron chi connectivity index (χ0n) is 11.2. The van der Waals surface area contributed by atoms with Crippen molar-refractivity contribution in [2.24, 2.45) is 5.73 Å². The Morgan fingerprint density at radius 2 is 2.00 bits per heavy atom. The number of ether oxygens (including phenoxy) is 1. The molecule has 2 nitrogen and oxygen atoms in total. The number of fused-ring (bicyclic) bond motifs is 1. The average molecular weight is 253 g/mol. The molecule has 2 aromatic carbocycles. The van der Waals surface area contributed by atoms with Gasteiger partial charge < -0.3 is 10.5 Å². The van der Waals surface area contributed by atoms with Gasteiger partial charge >= 0.3 is 0 Å². The van der Waals surface area contributed by atoms with Crippen molar-refractivity contribution in [3.63, 3.8) is 0 Å². The second-order valence-electron chi connectivity index (χ2n) is 5.11. The molecule has 1 aliphatic rings. The van der Waals surface area contributed by atoms with Crippen LogP contribution in [0.5, 0.6) is 5.75 Å². The lowest BCUT2D eigenvalue weighted by molar-refractivity contribution is 0.416. The summed E-state index contributed by atoms with van der Waals surface area (Å²) in [5, 5.41) is 0. The summed E-state index contributed by atoms with van der Waals surface area (Å²) in [5.41, 5.74) is 11.3. The van der Waals surface area contributed by atoms with Crippen LogP contribution in [-0.2, 0) is 6.42 Å². The van der Waals surface area contributed by atoms with Gasteiger partial charge in [0.2, 0.25) is 0 Å². The van der Waals surface area contributed by atoms with Gasteiger partial charge in [0.25, 0.3) is 0 Å². The van der Waals surface area contributed by atoms with Crippen molar-refractivity contribution in [2.45, 2.75) is 25.3 Å². The second kappa shape index (κ2) is 5.06. The molecule has 0 aromatic heterocycles. The van der Waals surface area contributed by atoms with E-state index in [2.05, 4.69) is 24.3 Å². The highest BCUT2D eigenvalue weighted by Gasteiger charge is 2.17. The Bertz CT molecular complexity index is 592. The quantitative estimate of drug-likeness (QED) is 0.885. The molecule has 1 aliphatic carbocycles. The Hall–Kier alpha value is -1.80. The summed E-state index contributed by atoms with van der Waals surface area (Å²) >= 11 is 0. The lowest BCUT2D eigenvalue weighted by atomic mass is 9.86. The van der Waals surface area contributed by atoms with Gasteiger partial charge in [-0.2, -0.15) is 0 Å². The summed E-state index contributed by atoms with van der Waals surface area (Å²) in [4.78, 5) is 0. The van der Waals surface area contributed by atoms with Crippen LogP contribution in [-0.4, -0.2) is 7.11 Å². The number of methoxy groups -OCH3 is 1. The Morgan fingerprint density at radius 3 is 2.84 bits per heavy atom. The number of para-hydroxylation sites is 1. The third kappa shape index (κ3) is 2.24. The van der Waals surface area contributed by atoms with E-state index in [0.29, 0.717) is 0 Å². The molecule has 0 radical (unpaired) electrons. The van der Waals surface area contributed by atoms with Crippen LogP contribution in [0, 0.1) is 0 Å². The molecule has 2 N–H and O–H groups in total. The molecule has 98 valence electrons. The van der Waals surface area contributed by atoms with Crippen LogP contribution in [0.4, 0.5) is 0 Å². The van der Waals surface area contributed by atoms with Crippen LogP contribution in [0.15, 0.2) is 42.5 Å². The standard InChI is InChI=1S/C17H19NO/c1-19-17-8-3-2-6-14(17)13-10-9-12-5-4-7-16(18)15(12)11-13/h2-3,6,8-11,16H,4-5,7,18H2,1H3. The maximum Gasteiger partial charge on any atom is 0.126 e. The maximum atomic E-state index is 6.23. The van der Waals surface area contributed by atoms with E-state index in [1.807, 2.05) is 18.2 Å². The highest BCUT2D eigenvalue weighted by molar-refractivity contribution is 5.71. The zero-order chi connectivity index (χ0) is 13.2. The fourth-order valence-electron chi connectivity index (χ4n) is 2.89. The summed E-state index contributed by atoms with van der Waals surface area (Å²) in [6.07, 6.45) is 3.43. The molecule has 1 unspecified atom stereocenters. The fourth-order valence-corrected chi connectivity index (χ4v) is 2.89. The molecular formula is C17H19NO. The number of hydrogen-bond acceptors (Lipinski definition) is 2. The van der Waals surface area contributed by atoms with E-state index in [1.165, 1.54) is 23.1 Å². The number of rotatable bonds is 2. The van der Waals surface area contributed by atoms with E-state index in [4.69, 9.17) is 10.5 Å².